The summed E-state index contributed by atoms with van der Waals surface area (Å²) in [5.41, 5.74) is 1.69. The standard InChI is InChI=1S/C16H18N2O/c17-12-16(8-4-1-5-9-16)15(19)18-10-13-6-2-3-7-14(13)11-18/h2-3,6-7H,1,4-5,8-11H2. The summed E-state index contributed by atoms with van der Waals surface area (Å²) in [5, 5.41) is 9.49. The fraction of sp³-hybridized carbons (Fsp3) is 0.500. The molecule has 98 valence electrons. The lowest BCUT2D eigenvalue weighted by Gasteiger charge is -2.32. The van der Waals surface area contributed by atoms with Crippen LogP contribution >= 0.6 is 0 Å². The molecule has 1 amide bonds. The Labute approximate surface area is 113 Å². The Bertz CT molecular complexity index is 513. The number of hydrogen-bond acceptors (Lipinski definition) is 2. The molecule has 19 heavy (non-hydrogen) atoms. The summed E-state index contributed by atoms with van der Waals surface area (Å²) in [6, 6.07) is 10.5. The Balaban J connectivity index is 1.81. The van der Waals surface area contributed by atoms with Gasteiger partial charge in [0.05, 0.1) is 6.07 Å². The first-order valence-corrected chi connectivity index (χ1v) is 7.03. The maximum absolute atomic E-state index is 12.7. The van der Waals surface area contributed by atoms with E-state index in [-0.39, 0.29) is 5.91 Å². The van der Waals surface area contributed by atoms with Gasteiger partial charge in [-0.05, 0) is 24.0 Å². The van der Waals surface area contributed by atoms with Crippen molar-refractivity contribution in [3.8, 4) is 6.07 Å². The summed E-state index contributed by atoms with van der Waals surface area (Å²) in [6.45, 7) is 1.33. The zero-order valence-electron chi connectivity index (χ0n) is 11.1. The third kappa shape index (κ3) is 2.02. The van der Waals surface area contributed by atoms with Crippen molar-refractivity contribution in [2.75, 3.05) is 0 Å². The number of rotatable bonds is 1. The molecule has 0 aromatic heterocycles. The van der Waals surface area contributed by atoms with Gasteiger partial charge in [0.25, 0.3) is 0 Å². The van der Waals surface area contributed by atoms with Crippen molar-refractivity contribution in [1.82, 2.24) is 4.90 Å². The van der Waals surface area contributed by atoms with Crippen molar-refractivity contribution >= 4 is 5.91 Å². The van der Waals surface area contributed by atoms with Crippen molar-refractivity contribution in [3.63, 3.8) is 0 Å². The van der Waals surface area contributed by atoms with Crippen LogP contribution in [0.2, 0.25) is 0 Å². The Hall–Kier alpha value is -1.82. The highest BCUT2D eigenvalue weighted by atomic mass is 16.2. The lowest BCUT2D eigenvalue weighted by atomic mass is 9.74. The lowest BCUT2D eigenvalue weighted by Crippen LogP contribution is -2.42. The molecule has 1 aromatic carbocycles. The molecule has 1 aromatic rings. The molecule has 1 aliphatic heterocycles. The highest BCUT2D eigenvalue weighted by Gasteiger charge is 2.43. The van der Waals surface area contributed by atoms with Crippen LogP contribution < -0.4 is 0 Å². The minimum absolute atomic E-state index is 0.0471. The van der Waals surface area contributed by atoms with Gasteiger partial charge in [0.15, 0.2) is 0 Å². The normalized spacial score (nSPS) is 20.7. The molecule has 1 aliphatic carbocycles. The smallest absolute Gasteiger partial charge is 0.243 e. The zero-order chi connectivity index (χ0) is 13.3. The fourth-order valence-corrected chi connectivity index (χ4v) is 3.31. The minimum atomic E-state index is -0.750. The highest BCUT2D eigenvalue weighted by molar-refractivity contribution is 5.86. The van der Waals surface area contributed by atoms with E-state index in [1.165, 1.54) is 11.1 Å². The van der Waals surface area contributed by atoms with Crippen LogP contribution in [0.1, 0.15) is 43.2 Å². The van der Waals surface area contributed by atoms with E-state index in [1.807, 2.05) is 17.0 Å². The number of fused-ring (bicyclic) bond motifs is 1. The summed E-state index contributed by atoms with van der Waals surface area (Å²) in [7, 11) is 0. The van der Waals surface area contributed by atoms with Crippen molar-refractivity contribution in [2.24, 2.45) is 5.41 Å². The van der Waals surface area contributed by atoms with Crippen molar-refractivity contribution in [2.45, 2.75) is 45.2 Å². The molecule has 0 spiro atoms. The Kier molecular flexibility index (Phi) is 3.02. The largest absolute Gasteiger partial charge is 0.333 e. The van der Waals surface area contributed by atoms with E-state index in [4.69, 9.17) is 0 Å². The topological polar surface area (TPSA) is 44.1 Å². The van der Waals surface area contributed by atoms with Gasteiger partial charge in [-0.3, -0.25) is 4.79 Å². The molecule has 0 bridgehead atoms. The second-order valence-electron chi connectivity index (χ2n) is 5.68. The van der Waals surface area contributed by atoms with E-state index in [9.17, 15) is 10.1 Å². The van der Waals surface area contributed by atoms with Crippen LogP contribution in [-0.4, -0.2) is 10.8 Å². The van der Waals surface area contributed by atoms with Gasteiger partial charge in [-0.15, -0.1) is 0 Å². The van der Waals surface area contributed by atoms with Gasteiger partial charge in [0.2, 0.25) is 5.91 Å². The van der Waals surface area contributed by atoms with Gasteiger partial charge in [-0.2, -0.15) is 5.26 Å². The quantitative estimate of drug-likeness (QED) is 0.773. The fourth-order valence-electron chi connectivity index (χ4n) is 3.31. The van der Waals surface area contributed by atoms with E-state index in [1.54, 1.807) is 0 Å². The Morgan fingerprint density at radius 1 is 1.11 bits per heavy atom. The molecule has 0 radical (unpaired) electrons. The first-order chi connectivity index (χ1) is 9.25. The number of carbonyl (C=O) groups is 1. The molecule has 1 saturated carbocycles. The molecule has 1 fully saturated rings. The first kappa shape index (κ1) is 12.2. The van der Waals surface area contributed by atoms with Gasteiger partial charge < -0.3 is 4.90 Å². The van der Waals surface area contributed by atoms with Gasteiger partial charge in [0, 0.05) is 13.1 Å². The summed E-state index contributed by atoms with van der Waals surface area (Å²) in [5.74, 6) is 0.0471. The van der Waals surface area contributed by atoms with Crippen molar-refractivity contribution in [1.29, 1.82) is 5.26 Å². The second kappa shape index (κ2) is 4.70. The number of nitriles is 1. The van der Waals surface area contributed by atoms with Gasteiger partial charge >= 0.3 is 0 Å². The Morgan fingerprint density at radius 3 is 2.21 bits per heavy atom. The van der Waals surface area contributed by atoms with Crippen LogP contribution in [0.15, 0.2) is 24.3 Å². The van der Waals surface area contributed by atoms with E-state index in [0.717, 1.165) is 32.1 Å². The highest BCUT2D eigenvalue weighted by Crippen LogP contribution is 2.39. The van der Waals surface area contributed by atoms with Crippen LogP contribution in [0.4, 0.5) is 0 Å². The molecule has 2 aliphatic rings. The van der Waals surface area contributed by atoms with Crippen LogP contribution in [0, 0.1) is 16.7 Å². The molecule has 0 atom stereocenters. The first-order valence-electron chi connectivity index (χ1n) is 7.03. The predicted octanol–water partition coefficient (Wildman–Crippen LogP) is 3.00. The van der Waals surface area contributed by atoms with Gasteiger partial charge in [-0.1, -0.05) is 43.5 Å². The van der Waals surface area contributed by atoms with Crippen LogP contribution in [0.25, 0.3) is 0 Å². The van der Waals surface area contributed by atoms with E-state index in [2.05, 4.69) is 18.2 Å². The van der Waals surface area contributed by atoms with E-state index in [0.29, 0.717) is 13.1 Å². The third-order valence-corrected chi connectivity index (χ3v) is 4.46. The van der Waals surface area contributed by atoms with Crippen LogP contribution in [0.5, 0.6) is 0 Å². The SMILES string of the molecule is N#CC1(C(=O)N2Cc3ccccc3C2)CCCCC1. The average molecular weight is 254 g/mol. The molecule has 3 nitrogen and oxygen atoms in total. The maximum atomic E-state index is 12.7. The summed E-state index contributed by atoms with van der Waals surface area (Å²) in [4.78, 5) is 14.6. The minimum Gasteiger partial charge on any atom is -0.333 e. The molecule has 3 rings (SSSR count). The predicted molar refractivity (Wildman–Crippen MR) is 71.8 cm³/mol. The molecular formula is C16H18N2O. The van der Waals surface area contributed by atoms with Crippen LogP contribution in [-0.2, 0) is 17.9 Å². The number of carbonyl (C=O) groups excluding carboxylic acids is 1. The summed E-state index contributed by atoms with van der Waals surface area (Å²) < 4.78 is 0. The number of hydrogen-bond donors (Lipinski definition) is 0. The number of amides is 1. The average Bonchev–Trinajstić information content (AvgIpc) is 2.91. The summed E-state index contributed by atoms with van der Waals surface area (Å²) in [6.07, 6.45) is 4.61. The molecule has 3 heteroatoms. The molecule has 0 unspecified atom stereocenters. The molecular weight excluding hydrogens is 236 g/mol. The lowest BCUT2D eigenvalue weighted by molar-refractivity contribution is -0.141. The van der Waals surface area contributed by atoms with Gasteiger partial charge in [-0.25, -0.2) is 0 Å². The van der Waals surface area contributed by atoms with E-state index < -0.39 is 5.41 Å². The zero-order valence-corrected chi connectivity index (χ0v) is 11.1. The molecule has 1 heterocycles. The molecule has 0 saturated heterocycles. The van der Waals surface area contributed by atoms with Gasteiger partial charge in [0.1, 0.15) is 5.41 Å². The summed E-state index contributed by atoms with van der Waals surface area (Å²) >= 11 is 0. The van der Waals surface area contributed by atoms with Crippen molar-refractivity contribution in [3.05, 3.63) is 35.4 Å². The molecule has 0 N–H and O–H groups in total. The maximum Gasteiger partial charge on any atom is 0.243 e. The second-order valence-corrected chi connectivity index (χ2v) is 5.68. The van der Waals surface area contributed by atoms with Crippen LogP contribution in [0.3, 0.4) is 0 Å². The number of benzene rings is 1. The van der Waals surface area contributed by atoms with Crippen molar-refractivity contribution < 1.29 is 4.79 Å². The van der Waals surface area contributed by atoms with E-state index >= 15 is 0 Å². The number of nitrogens with zero attached hydrogens (tertiary/aromatic N) is 2. The monoisotopic (exact) mass is 254 g/mol. The third-order valence-electron chi connectivity index (χ3n) is 4.46. The Morgan fingerprint density at radius 2 is 1.68 bits per heavy atom.